The molecule has 9 heterocycles. The van der Waals surface area contributed by atoms with Crippen molar-refractivity contribution in [2.45, 2.75) is 107 Å². The number of hydrogen-bond acceptors (Lipinski definition) is 8. The maximum absolute atomic E-state index is 5.63. The Hall–Kier alpha value is -4.60. The summed E-state index contributed by atoms with van der Waals surface area (Å²) in [6.45, 7) is 18.2. The average molecular weight is 861 g/mol. The molecule has 8 bridgehead atoms. The van der Waals surface area contributed by atoms with E-state index in [1.165, 1.54) is 64.0 Å². The van der Waals surface area contributed by atoms with E-state index in [2.05, 4.69) is 126 Å². The number of thiophene rings is 4. The zero-order valence-corrected chi connectivity index (χ0v) is 39.3. The molecular formula is C52H52N4S4. The lowest BCUT2D eigenvalue weighted by molar-refractivity contribution is 1.05. The Balaban J connectivity index is 1.40. The first kappa shape index (κ1) is 40.8. The molecule has 4 nitrogen and oxygen atoms in total. The van der Waals surface area contributed by atoms with Gasteiger partial charge in [0, 0.05) is 41.8 Å². The third-order valence-electron chi connectivity index (χ3n) is 12.4. The minimum absolute atomic E-state index is 0.952. The van der Waals surface area contributed by atoms with Crippen molar-refractivity contribution in [3.8, 4) is 0 Å². The highest BCUT2D eigenvalue weighted by Gasteiger charge is 2.32. The summed E-state index contributed by atoms with van der Waals surface area (Å²) < 4.78 is 0. The van der Waals surface area contributed by atoms with Crippen molar-refractivity contribution < 1.29 is 0 Å². The Labute approximate surface area is 371 Å². The Morgan fingerprint density at radius 1 is 0.300 bits per heavy atom. The van der Waals surface area contributed by atoms with Crippen LogP contribution in [0.5, 0.6) is 0 Å². The van der Waals surface area contributed by atoms with E-state index < -0.39 is 0 Å². The third kappa shape index (κ3) is 6.75. The molecule has 0 amide bonds. The summed E-state index contributed by atoms with van der Waals surface area (Å²) in [6, 6.07) is 0. The number of hydrogen-bond donors (Lipinski definition) is 0. The van der Waals surface area contributed by atoms with Gasteiger partial charge in [-0.05, 0) is 166 Å². The molecule has 0 saturated heterocycles. The van der Waals surface area contributed by atoms with Crippen LogP contribution in [0.1, 0.15) is 119 Å². The SMILES string of the molecule is CCc1csc(C2=C3C=CC(=N3)C(c3scc(CC)c3CC)=C3C=CC(=N3)C(c3scc(CC)c3CC)=C3C=CC(=N3)C(c3scc(CC)c3CC)=C3C=CC2=N3)c1CC. The lowest BCUT2D eigenvalue weighted by Crippen LogP contribution is -2.05. The largest absolute Gasteiger partial charge is 0.248 e. The molecule has 5 aliphatic rings. The van der Waals surface area contributed by atoms with Crippen LogP contribution in [0, 0.1) is 0 Å². The number of fused-ring (bicyclic) bond motifs is 4. The van der Waals surface area contributed by atoms with Crippen LogP contribution in [0.2, 0.25) is 0 Å². The summed E-state index contributed by atoms with van der Waals surface area (Å²) in [7, 11) is 0. The van der Waals surface area contributed by atoms with Crippen LogP contribution >= 0.6 is 45.3 Å². The molecule has 0 atom stereocenters. The fraction of sp³-hybridized carbons (Fsp3) is 0.308. The summed E-state index contributed by atoms with van der Waals surface area (Å²) in [6.07, 6.45) is 25.6. The first-order valence-corrected chi connectivity index (χ1v) is 25.3. The van der Waals surface area contributed by atoms with E-state index in [-0.39, 0.29) is 0 Å². The molecule has 0 N–H and O–H groups in total. The maximum atomic E-state index is 5.63. The first-order valence-electron chi connectivity index (χ1n) is 21.8. The highest BCUT2D eigenvalue weighted by molar-refractivity contribution is 7.13. The molecule has 60 heavy (non-hydrogen) atoms. The topological polar surface area (TPSA) is 49.4 Å². The molecular weight excluding hydrogens is 809 g/mol. The van der Waals surface area contributed by atoms with Crippen LogP contribution in [0.4, 0.5) is 0 Å². The Bertz CT molecular complexity index is 2440. The molecule has 5 aliphatic heterocycles. The van der Waals surface area contributed by atoms with Crippen molar-refractivity contribution in [1.82, 2.24) is 0 Å². The van der Waals surface area contributed by atoms with Gasteiger partial charge in [0.1, 0.15) is 0 Å². The Morgan fingerprint density at radius 3 is 0.700 bits per heavy atom. The minimum Gasteiger partial charge on any atom is -0.248 e. The third-order valence-corrected chi connectivity index (χ3v) is 16.7. The van der Waals surface area contributed by atoms with Gasteiger partial charge >= 0.3 is 0 Å². The van der Waals surface area contributed by atoms with Gasteiger partial charge in [0.15, 0.2) is 0 Å². The summed E-state index contributed by atoms with van der Waals surface area (Å²) in [5, 5.41) is 9.39. The van der Waals surface area contributed by atoms with Crippen LogP contribution in [0.3, 0.4) is 0 Å². The van der Waals surface area contributed by atoms with Gasteiger partial charge < -0.3 is 0 Å². The number of allylic oxidation sites excluding steroid dienone is 12. The summed E-state index contributed by atoms with van der Waals surface area (Å²) in [5.41, 5.74) is 23.2. The van der Waals surface area contributed by atoms with Gasteiger partial charge in [-0.25, -0.2) is 20.0 Å². The molecule has 8 heteroatoms. The second-order valence-corrected chi connectivity index (χ2v) is 19.0. The van der Waals surface area contributed by atoms with Gasteiger partial charge in [-0.15, -0.1) is 45.3 Å². The zero-order valence-electron chi connectivity index (χ0n) is 36.0. The molecule has 9 rings (SSSR count). The number of rotatable bonds is 12. The second kappa shape index (κ2) is 17.0. The molecule has 0 aromatic carbocycles. The molecule has 4 aromatic heterocycles. The molecule has 0 spiro atoms. The summed E-state index contributed by atoms with van der Waals surface area (Å²) in [4.78, 5) is 27.6. The first-order chi connectivity index (χ1) is 29.4. The van der Waals surface area contributed by atoms with Gasteiger partial charge in [0.25, 0.3) is 0 Å². The number of aryl methyl sites for hydroxylation is 4. The maximum Gasteiger partial charge on any atom is 0.0746 e. The van der Waals surface area contributed by atoms with Crippen molar-refractivity contribution >= 4 is 90.5 Å². The van der Waals surface area contributed by atoms with Gasteiger partial charge in [-0.2, -0.15) is 0 Å². The Morgan fingerprint density at radius 2 is 0.517 bits per heavy atom. The smallest absolute Gasteiger partial charge is 0.0746 e. The van der Waals surface area contributed by atoms with E-state index in [9.17, 15) is 0 Å². The monoisotopic (exact) mass is 860 g/mol. The number of nitrogens with zero attached hydrogens (tertiary/aromatic N) is 4. The van der Waals surface area contributed by atoms with Crippen molar-refractivity contribution in [2.75, 3.05) is 0 Å². The van der Waals surface area contributed by atoms with Crippen molar-refractivity contribution in [3.63, 3.8) is 0 Å². The van der Waals surface area contributed by atoms with E-state index in [1.807, 2.05) is 45.3 Å². The van der Waals surface area contributed by atoms with Crippen molar-refractivity contribution in [1.29, 1.82) is 0 Å². The predicted octanol–water partition coefficient (Wildman–Crippen LogP) is 14.4. The molecule has 0 radical (unpaired) electrons. The van der Waals surface area contributed by atoms with E-state index >= 15 is 0 Å². The molecule has 4 aromatic rings. The fourth-order valence-electron chi connectivity index (χ4n) is 9.27. The molecule has 304 valence electrons. The zero-order chi connectivity index (χ0) is 41.7. The van der Waals surface area contributed by atoms with E-state index in [0.717, 1.165) is 119 Å². The minimum atomic E-state index is 0.952. The molecule has 0 saturated carbocycles. The molecule has 0 unspecified atom stereocenters. The van der Waals surface area contributed by atoms with Gasteiger partial charge in [0.2, 0.25) is 0 Å². The quantitative estimate of drug-likeness (QED) is 0.136. The normalized spacial score (nSPS) is 17.1. The Kier molecular flexibility index (Phi) is 11.6. The van der Waals surface area contributed by atoms with E-state index in [0.29, 0.717) is 0 Å². The highest BCUT2D eigenvalue weighted by atomic mass is 32.1. The number of aliphatic imine (C=N–C) groups is 4. The van der Waals surface area contributed by atoms with Gasteiger partial charge in [-0.1, -0.05) is 55.4 Å². The van der Waals surface area contributed by atoms with Crippen molar-refractivity contribution in [3.05, 3.63) is 157 Å². The molecule has 0 fully saturated rings. The lowest BCUT2D eigenvalue weighted by Gasteiger charge is -2.13. The van der Waals surface area contributed by atoms with Gasteiger partial charge in [0.05, 0.1) is 45.6 Å². The van der Waals surface area contributed by atoms with Crippen LogP contribution in [-0.2, 0) is 51.4 Å². The van der Waals surface area contributed by atoms with Crippen molar-refractivity contribution in [2.24, 2.45) is 20.0 Å². The molecule has 0 aliphatic carbocycles. The summed E-state index contributed by atoms with van der Waals surface area (Å²) in [5.74, 6) is 0. The fourth-order valence-corrected chi connectivity index (χ4v) is 14.5. The van der Waals surface area contributed by atoms with Gasteiger partial charge in [-0.3, -0.25) is 0 Å². The summed E-state index contributed by atoms with van der Waals surface area (Å²) >= 11 is 7.33. The van der Waals surface area contributed by atoms with Crippen LogP contribution in [0.25, 0.3) is 22.3 Å². The van der Waals surface area contributed by atoms with Crippen LogP contribution < -0.4 is 0 Å². The van der Waals surface area contributed by atoms with Crippen LogP contribution in [0.15, 0.2) is 113 Å². The van der Waals surface area contributed by atoms with E-state index in [4.69, 9.17) is 20.0 Å². The van der Waals surface area contributed by atoms with Crippen LogP contribution in [-0.4, -0.2) is 22.8 Å². The van der Waals surface area contributed by atoms with E-state index in [1.54, 1.807) is 0 Å². The standard InChI is InChI=1S/C52H52N4S4/c1-9-29-25-57-49(33(29)13-5)45-37-17-19-39(53-37)46(50-34(14-6)30(10-2)26-58-50)41-21-23-43(55-41)48(52-36(16-8)32(12-4)28-60-52)44-24-22-42(56-44)47(40-20-18-38(45)54-40)51-35(15-7)31(11-3)27-59-51/h17-28H,9-16H2,1-8H3. The predicted molar refractivity (Wildman–Crippen MR) is 266 cm³/mol. The second-order valence-electron chi connectivity index (χ2n) is 15.5. The lowest BCUT2D eigenvalue weighted by atomic mass is 9.98. The highest BCUT2D eigenvalue weighted by Crippen LogP contribution is 2.45. The average Bonchev–Trinajstić information content (AvgIpc) is 4.13.